The summed E-state index contributed by atoms with van der Waals surface area (Å²) in [6.07, 6.45) is 1.84. The van der Waals surface area contributed by atoms with Gasteiger partial charge >= 0.3 is 0 Å². The lowest BCUT2D eigenvalue weighted by Gasteiger charge is -1.96. The standard InChI is InChI=1S/C8H11NO.2C2H6/c1-6-4-7(2)9(5-6)8(3)10;2*1-2/h4-5H,1-3H3;2*1-2H3. The van der Waals surface area contributed by atoms with Gasteiger partial charge in [-0.25, -0.2) is 0 Å². The number of aryl methyl sites for hydroxylation is 2. The van der Waals surface area contributed by atoms with Gasteiger partial charge in [0.1, 0.15) is 0 Å². The molecule has 0 fully saturated rings. The van der Waals surface area contributed by atoms with E-state index in [9.17, 15) is 4.79 Å². The summed E-state index contributed by atoms with van der Waals surface area (Å²) in [5.41, 5.74) is 2.14. The fraction of sp³-hybridized carbons (Fsp3) is 0.583. The lowest BCUT2D eigenvalue weighted by molar-refractivity contribution is 0.0934. The minimum absolute atomic E-state index is 0.0746. The van der Waals surface area contributed by atoms with Crippen molar-refractivity contribution in [3.8, 4) is 0 Å². The van der Waals surface area contributed by atoms with Crippen molar-refractivity contribution < 1.29 is 4.79 Å². The lowest BCUT2D eigenvalue weighted by atomic mass is 10.4. The zero-order valence-corrected chi connectivity index (χ0v) is 10.5. The van der Waals surface area contributed by atoms with Gasteiger partial charge in [-0.2, -0.15) is 0 Å². The topological polar surface area (TPSA) is 22.0 Å². The van der Waals surface area contributed by atoms with Gasteiger partial charge in [0, 0.05) is 18.8 Å². The van der Waals surface area contributed by atoms with Crippen LogP contribution in [0.3, 0.4) is 0 Å². The Bertz CT molecular complexity index is 261. The summed E-state index contributed by atoms with van der Waals surface area (Å²) < 4.78 is 1.65. The summed E-state index contributed by atoms with van der Waals surface area (Å²) in [7, 11) is 0. The van der Waals surface area contributed by atoms with Crippen LogP contribution in [0.1, 0.15) is 50.7 Å². The average molecular weight is 197 g/mol. The van der Waals surface area contributed by atoms with E-state index < -0.39 is 0 Å². The Morgan fingerprint density at radius 2 is 1.57 bits per heavy atom. The van der Waals surface area contributed by atoms with E-state index in [0.29, 0.717) is 0 Å². The summed E-state index contributed by atoms with van der Waals surface area (Å²) in [6, 6.07) is 1.99. The van der Waals surface area contributed by atoms with Crippen LogP contribution in [0.2, 0.25) is 0 Å². The van der Waals surface area contributed by atoms with Crippen LogP contribution in [-0.4, -0.2) is 10.5 Å². The Labute approximate surface area is 87.9 Å². The highest BCUT2D eigenvalue weighted by molar-refractivity contribution is 5.77. The molecule has 0 N–H and O–H groups in total. The first kappa shape index (κ1) is 15.4. The van der Waals surface area contributed by atoms with E-state index in [1.807, 2.05) is 53.8 Å². The summed E-state index contributed by atoms with van der Waals surface area (Å²) >= 11 is 0. The maximum absolute atomic E-state index is 10.8. The third-order valence-corrected chi connectivity index (χ3v) is 1.49. The van der Waals surface area contributed by atoms with Gasteiger partial charge in [0.25, 0.3) is 0 Å². The molecule has 0 atom stereocenters. The van der Waals surface area contributed by atoms with Gasteiger partial charge in [0.15, 0.2) is 0 Å². The monoisotopic (exact) mass is 197 g/mol. The van der Waals surface area contributed by atoms with Crippen LogP contribution in [0.15, 0.2) is 12.3 Å². The van der Waals surface area contributed by atoms with Gasteiger partial charge in [-0.15, -0.1) is 0 Å². The Hall–Kier alpha value is -1.05. The van der Waals surface area contributed by atoms with Gasteiger partial charge in [-0.05, 0) is 25.5 Å². The predicted octanol–water partition coefficient (Wildman–Crippen LogP) is 3.82. The highest BCUT2D eigenvalue weighted by Gasteiger charge is 2.00. The number of carbonyl (C=O) groups is 1. The molecule has 0 aliphatic carbocycles. The van der Waals surface area contributed by atoms with Crippen LogP contribution >= 0.6 is 0 Å². The number of hydrogen-bond acceptors (Lipinski definition) is 1. The van der Waals surface area contributed by atoms with E-state index in [1.54, 1.807) is 11.5 Å². The van der Waals surface area contributed by atoms with Crippen molar-refractivity contribution in [2.24, 2.45) is 0 Å². The summed E-state index contributed by atoms with van der Waals surface area (Å²) in [6.45, 7) is 13.5. The Morgan fingerprint density at radius 1 is 1.14 bits per heavy atom. The molecule has 0 aliphatic heterocycles. The second-order valence-electron chi connectivity index (χ2n) is 2.55. The van der Waals surface area contributed by atoms with Gasteiger partial charge in [0.2, 0.25) is 5.91 Å². The first-order valence-corrected chi connectivity index (χ1v) is 5.28. The number of carbonyl (C=O) groups excluding carboxylic acids is 1. The molecule has 2 nitrogen and oxygen atoms in total. The van der Waals surface area contributed by atoms with Crippen LogP contribution in [0.4, 0.5) is 0 Å². The predicted molar refractivity (Wildman–Crippen MR) is 62.9 cm³/mol. The van der Waals surface area contributed by atoms with E-state index in [-0.39, 0.29) is 5.91 Å². The highest BCUT2D eigenvalue weighted by Crippen LogP contribution is 2.04. The zero-order chi connectivity index (χ0) is 11.7. The summed E-state index contributed by atoms with van der Waals surface area (Å²) in [5, 5.41) is 0. The quantitative estimate of drug-likeness (QED) is 0.619. The largest absolute Gasteiger partial charge is 0.292 e. The molecule has 14 heavy (non-hydrogen) atoms. The Balaban J connectivity index is 0. The van der Waals surface area contributed by atoms with Crippen LogP contribution in [0.25, 0.3) is 0 Å². The molecule has 0 amide bonds. The minimum Gasteiger partial charge on any atom is -0.292 e. The lowest BCUT2D eigenvalue weighted by Crippen LogP contribution is -2.04. The Kier molecular flexibility index (Phi) is 9.41. The van der Waals surface area contributed by atoms with Crippen LogP contribution in [0.5, 0.6) is 0 Å². The van der Waals surface area contributed by atoms with Crippen molar-refractivity contribution in [1.82, 2.24) is 4.57 Å². The molecular formula is C12H23NO. The average Bonchev–Trinajstić information content (AvgIpc) is 2.52. The third-order valence-electron chi connectivity index (χ3n) is 1.49. The molecule has 1 aromatic heterocycles. The molecule has 0 radical (unpaired) electrons. The van der Waals surface area contributed by atoms with Crippen molar-refractivity contribution in [2.75, 3.05) is 0 Å². The van der Waals surface area contributed by atoms with Crippen LogP contribution in [-0.2, 0) is 0 Å². The van der Waals surface area contributed by atoms with Crippen molar-refractivity contribution in [1.29, 1.82) is 0 Å². The van der Waals surface area contributed by atoms with E-state index in [0.717, 1.165) is 11.3 Å². The number of aromatic nitrogens is 1. The molecule has 0 bridgehead atoms. The second kappa shape index (κ2) is 8.54. The molecule has 0 aliphatic rings. The normalized spacial score (nSPS) is 7.93. The fourth-order valence-electron chi connectivity index (χ4n) is 1.08. The number of hydrogen-bond donors (Lipinski definition) is 0. The maximum Gasteiger partial charge on any atom is 0.227 e. The third kappa shape index (κ3) is 4.85. The number of rotatable bonds is 0. The van der Waals surface area contributed by atoms with Gasteiger partial charge in [-0.1, -0.05) is 27.7 Å². The smallest absolute Gasteiger partial charge is 0.227 e. The first-order chi connectivity index (χ1) is 6.61. The molecule has 82 valence electrons. The maximum atomic E-state index is 10.8. The molecule has 1 aromatic rings. The van der Waals surface area contributed by atoms with E-state index in [2.05, 4.69) is 0 Å². The van der Waals surface area contributed by atoms with Crippen LogP contribution < -0.4 is 0 Å². The zero-order valence-electron chi connectivity index (χ0n) is 10.5. The van der Waals surface area contributed by atoms with E-state index in [1.165, 1.54) is 0 Å². The van der Waals surface area contributed by atoms with E-state index >= 15 is 0 Å². The minimum atomic E-state index is 0.0746. The van der Waals surface area contributed by atoms with Gasteiger partial charge in [-0.3, -0.25) is 9.36 Å². The van der Waals surface area contributed by atoms with Crippen molar-refractivity contribution in [2.45, 2.75) is 48.5 Å². The number of nitrogens with zero attached hydrogens (tertiary/aromatic N) is 1. The first-order valence-electron chi connectivity index (χ1n) is 5.28. The van der Waals surface area contributed by atoms with Crippen LogP contribution in [0, 0.1) is 13.8 Å². The molecule has 0 saturated carbocycles. The molecular weight excluding hydrogens is 174 g/mol. The molecule has 2 heteroatoms. The molecule has 0 aromatic carbocycles. The van der Waals surface area contributed by atoms with Crippen molar-refractivity contribution >= 4 is 5.91 Å². The van der Waals surface area contributed by atoms with E-state index in [4.69, 9.17) is 0 Å². The molecule has 0 spiro atoms. The van der Waals surface area contributed by atoms with Crippen molar-refractivity contribution in [3.05, 3.63) is 23.5 Å². The molecule has 1 heterocycles. The summed E-state index contributed by atoms with van der Waals surface area (Å²) in [4.78, 5) is 10.8. The highest BCUT2D eigenvalue weighted by atomic mass is 16.1. The van der Waals surface area contributed by atoms with Gasteiger partial charge in [0.05, 0.1) is 0 Å². The van der Waals surface area contributed by atoms with Crippen molar-refractivity contribution in [3.63, 3.8) is 0 Å². The second-order valence-corrected chi connectivity index (χ2v) is 2.55. The van der Waals surface area contributed by atoms with Gasteiger partial charge < -0.3 is 0 Å². The fourth-order valence-corrected chi connectivity index (χ4v) is 1.08. The molecule has 0 unspecified atom stereocenters. The SMILES string of the molecule is CC.CC.CC(=O)n1cc(C)cc1C. The Morgan fingerprint density at radius 3 is 1.71 bits per heavy atom. The molecule has 0 saturated heterocycles. The molecule has 1 rings (SSSR count). The summed E-state index contributed by atoms with van der Waals surface area (Å²) in [5.74, 6) is 0.0746.